The van der Waals surface area contributed by atoms with E-state index in [4.69, 9.17) is 5.73 Å². The lowest BCUT2D eigenvalue weighted by Crippen LogP contribution is -2.47. The Kier molecular flexibility index (Phi) is 7.40. The van der Waals surface area contributed by atoms with Gasteiger partial charge in [0.1, 0.15) is 5.75 Å². The van der Waals surface area contributed by atoms with Crippen molar-refractivity contribution in [3.63, 3.8) is 0 Å². The molecule has 0 saturated carbocycles. The minimum atomic E-state index is -2.90. The summed E-state index contributed by atoms with van der Waals surface area (Å²) in [7, 11) is 0. The van der Waals surface area contributed by atoms with Gasteiger partial charge >= 0.3 is 6.61 Å². The molecular weight excluding hydrogens is 308 g/mol. The van der Waals surface area contributed by atoms with Crippen LogP contribution in [0.5, 0.6) is 5.75 Å². The Morgan fingerprint density at radius 1 is 1.26 bits per heavy atom. The molecule has 0 aliphatic rings. The van der Waals surface area contributed by atoms with Gasteiger partial charge in [-0.25, -0.2) is 0 Å². The van der Waals surface area contributed by atoms with E-state index >= 15 is 0 Å². The summed E-state index contributed by atoms with van der Waals surface area (Å²) >= 11 is 0. The molecule has 0 aliphatic heterocycles. The normalized spacial score (nSPS) is 12.1. The van der Waals surface area contributed by atoms with Gasteiger partial charge in [0.2, 0.25) is 11.8 Å². The number of amides is 2. The first-order valence-electron chi connectivity index (χ1n) is 7.13. The number of carbonyl (C=O) groups is 2. The van der Waals surface area contributed by atoms with Crippen molar-refractivity contribution in [2.45, 2.75) is 33.0 Å². The number of nitrogens with two attached hydrogens (primary N) is 1. The van der Waals surface area contributed by atoms with E-state index in [1.807, 2.05) is 0 Å². The first-order chi connectivity index (χ1) is 10.8. The van der Waals surface area contributed by atoms with Gasteiger partial charge < -0.3 is 21.1 Å². The largest absolute Gasteiger partial charge is 0.435 e. The summed E-state index contributed by atoms with van der Waals surface area (Å²) in [6.07, 6.45) is 0. The van der Waals surface area contributed by atoms with E-state index in [-0.39, 0.29) is 24.8 Å². The zero-order valence-corrected chi connectivity index (χ0v) is 13.0. The second-order valence-corrected chi connectivity index (χ2v) is 5.29. The fourth-order valence-corrected chi connectivity index (χ4v) is 1.68. The lowest BCUT2D eigenvalue weighted by molar-refractivity contribution is -0.127. The Balaban J connectivity index is 2.40. The van der Waals surface area contributed by atoms with E-state index < -0.39 is 24.5 Å². The van der Waals surface area contributed by atoms with Crippen molar-refractivity contribution in [3.8, 4) is 5.75 Å². The number of rotatable bonds is 8. The Labute approximate surface area is 133 Å². The topological polar surface area (TPSA) is 93.5 Å². The van der Waals surface area contributed by atoms with Crippen LogP contribution in [0.4, 0.5) is 8.78 Å². The van der Waals surface area contributed by atoms with Gasteiger partial charge in [-0.2, -0.15) is 8.78 Å². The van der Waals surface area contributed by atoms with E-state index in [9.17, 15) is 18.4 Å². The van der Waals surface area contributed by atoms with Crippen LogP contribution in [0.2, 0.25) is 0 Å². The van der Waals surface area contributed by atoms with Crippen molar-refractivity contribution in [3.05, 3.63) is 29.8 Å². The average molecular weight is 329 g/mol. The summed E-state index contributed by atoms with van der Waals surface area (Å²) in [5.41, 5.74) is 6.25. The van der Waals surface area contributed by atoms with Crippen molar-refractivity contribution in [2.24, 2.45) is 11.7 Å². The summed E-state index contributed by atoms with van der Waals surface area (Å²) in [6.45, 7) is 0.635. The molecule has 0 spiro atoms. The van der Waals surface area contributed by atoms with Gasteiger partial charge in [-0.15, -0.1) is 0 Å². The van der Waals surface area contributed by atoms with Crippen molar-refractivity contribution in [1.29, 1.82) is 0 Å². The monoisotopic (exact) mass is 329 g/mol. The van der Waals surface area contributed by atoms with Gasteiger partial charge in [0, 0.05) is 6.54 Å². The van der Waals surface area contributed by atoms with Gasteiger partial charge in [-0.1, -0.05) is 26.0 Å². The predicted octanol–water partition coefficient (Wildman–Crippen LogP) is 1.00. The van der Waals surface area contributed by atoms with Crippen LogP contribution in [-0.2, 0) is 16.1 Å². The van der Waals surface area contributed by atoms with E-state index in [1.54, 1.807) is 26.0 Å². The fraction of sp³-hybridized carbons (Fsp3) is 0.467. The van der Waals surface area contributed by atoms with Crippen LogP contribution in [0.3, 0.4) is 0 Å². The van der Waals surface area contributed by atoms with Gasteiger partial charge in [-0.3, -0.25) is 9.59 Å². The molecule has 2 amide bonds. The molecule has 1 aromatic rings. The lowest BCUT2D eigenvalue weighted by Gasteiger charge is -2.15. The maximum absolute atomic E-state index is 12.1. The van der Waals surface area contributed by atoms with Crippen LogP contribution in [-0.4, -0.2) is 31.0 Å². The number of nitrogens with one attached hydrogen (secondary N) is 2. The van der Waals surface area contributed by atoms with Gasteiger partial charge in [0.25, 0.3) is 0 Å². The van der Waals surface area contributed by atoms with Crippen LogP contribution < -0.4 is 21.1 Å². The van der Waals surface area contributed by atoms with Crippen LogP contribution in [0.15, 0.2) is 24.3 Å². The molecule has 0 radical (unpaired) electrons. The first kappa shape index (κ1) is 18.8. The molecule has 6 nitrogen and oxygen atoms in total. The second kappa shape index (κ2) is 9.04. The third-order valence-electron chi connectivity index (χ3n) is 3.06. The first-order valence-corrected chi connectivity index (χ1v) is 7.13. The van der Waals surface area contributed by atoms with Crippen molar-refractivity contribution in [1.82, 2.24) is 10.6 Å². The molecular formula is C15H21F2N3O3. The lowest BCUT2D eigenvalue weighted by atomic mass is 10.1. The third-order valence-corrected chi connectivity index (χ3v) is 3.06. The molecule has 0 aliphatic carbocycles. The molecule has 0 aromatic heterocycles. The highest BCUT2D eigenvalue weighted by Gasteiger charge is 2.17. The van der Waals surface area contributed by atoms with E-state index in [2.05, 4.69) is 15.4 Å². The summed E-state index contributed by atoms with van der Waals surface area (Å²) in [5, 5.41) is 5.00. The van der Waals surface area contributed by atoms with Crippen LogP contribution in [0, 0.1) is 5.92 Å². The molecule has 1 aromatic carbocycles. The minimum absolute atomic E-state index is 0.0166. The molecule has 0 saturated heterocycles. The number of ether oxygens (including phenoxy) is 1. The summed E-state index contributed by atoms with van der Waals surface area (Å²) in [5.74, 6) is -0.824. The molecule has 128 valence electrons. The minimum Gasteiger partial charge on any atom is -0.435 e. The van der Waals surface area contributed by atoms with E-state index in [0.717, 1.165) is 0 Å². The fourth-order valence-electron chi connectivity index (χ4n) is 1.68. The number of alkyl halides is 2. The number of halogens is 2. The molecule has 1 rings (SSSR count). The van der Waals surface area contributed by atoms with Crippen molar-refractivity contribution < 1.29 is 23.1 Å². The number of hydrogen-bond acceptors (Lipinski definition) is 4. The zero-order valence-electron chi connectivity index (χ0n) is 13.0. The maximum Gasteiger partial charge on any atom is 0.387 e. The summed E-state index contributed by atoms with van der Waals surface area (Å²) in [4.78, 5) is 23.3. The highest BCUT2D eigenvalue weighted by atomic mass is 19.3. The molecule has 1 atom stereocenters. The summed E-state index contributed by atoms with van der Waals surface area (Å²) < 4.78 is 28.5. The Hall–Kier alpha value is -2.22. The molecule has 8 heteroatoms. The Morgan fingerprint density at radius 3 is 2.57 bits per heavy atom. The van der Waals surface area contributed by atoms with Crippen LogP contribution in [0.1, 0.15) is 19.4 Å². The standard InChI is InChI=1S/C15H21F2N3O3/c1-9(2)13(18)14(22)20-8-12(21)19-7-10-4-3-5-11(6-10)23-15(16)17/h3-6,9,13,15H,7-8,18H2,1-2H3,(H,19,21)(H,20,22)/t13-/m0/s1. The Bertz CT molecular complexity index is 538. The quantitative estimate of drug-likeness (QED) is 0.663. The second-order valence-electron chi connectivity index (χ2n) is 5.29. The predicted molar refractivity (Wildman–Crippen MR) is 80.7 cm³/mol. The molecule has 23 heavy (non-hydrogen) atoms. The van der Waals surface area contributed by atoms with Crippen molar-refractivity contribution in [2.75, 3.05) is 6.54 Å². The number of carbonyl (C=O) groups excluding carboxylic acids is 2. The SMILES string of the molecule is CC(C)[C@H](N)C(=O)NCC(=O)NCc1cccc(OC(F)F)c1. The highest BCUT2D eigenvalue weighted by molar-refractivity contribution is 5.87. The average Bonchev–Trinajstić information content (AvgIpc) is 2.49. The van der Waals surface area contributed by atoms with Gasteiger partial charge in [-0.05, 0) is 23.6 Å². The van der Waals surface area contributed by atoms with Crippen LogP contribution >= 0.6 is 0 Å². The smallest absolute Gasteiger partial charge is 0.387 e. The number of hydrogen-bond donors (Lipinski definition) is 3. The molecule has 0 bridgehead atoms. The molecule has 4 N–H and O–H groups in total. The highest BCUT2D eigenvalue weighted by Crippen LogP contribution is 2.15. The van der Waals surface area contributed by atoms with Gasteiger partial charge in [0.15, 0.2) is 0 Å². The maximum atomic E-state index is 12.1. The zero-order chi connectivity index (χ0) is 17.4. The van der Waals surface area contributed by atoms with E-state index in [1.165, 1.54) is 12.1 Å². The Morgan fingerprint density at radius 2 is 1.96 bits per heavy atom. The number of benzene rings is 1. The van der Waals surface area contributed by atoms with Gasteiger partial charge in [0.05, 0.1) is 12.6 Å². The van der Waals surface area contributed by atoms with E-state index in [0.29, 0.717) is 5.56 Å². The summed E-state index contributed by atoms with van der Waals surface area (Å²) in [6, 6.07) is 5.32. The molecule has 0 fully saturated rings. The molecule has 0 unspecified atom stereocenters. The third kappa shape index (κ3) is 7.05. The van der Waals surface area contributed by atoms with Crippen molar-refractivity contribution >= 4 is 11.8 Å². The molecule has 0 heterocycles. The van der Waals surface area contributed by atoms with Crippen LogP contribution in [0.25, 0.3) is 0 Å².